The number of unbranched alkanes of at least 4 members (excludes halogenated alkanes) is 1. The van der Waals surface area contributed by atoms with Crippen molar-refractivity contribution in [2.45, 2.75) is 58.4 Å². The number of aryl methyl sites for hydroxylation is 1. The van der Waals surface area contributed by atoms with Crippen LogP contribution in [0.2, 0.25) is 0 Å². The van der Waals surface area contributed by atoms with Gasteiger partial charge in [-0.05, 0) is 59.7 Å². The Kier molecular flexibility index (Phi) is 6.04. The van der Waals surface area contributed by atoms with E-state index in [0.29, 0.717) is 0 Å². The van der Waals surface area contributed by atoms with Gasteiger partial charge in [-0.1, -0.05) is 57.2 Å². The average Bonchev–Trinajstić information content (AvgIpc) is 3.60. The Bertz CT molecular complexity index is 1620. The molecule has 4 nitrogen and oxygen atoms in total. The Balaban J connectivity index is 1.39. The fraction of sp³-hybridized carbons (Fsp3) is 0.281. The molecule has 6 rings (SSSR count). The van der Waals surface area contributed by atoms with Gasteiger partial charge in [0.25, 0.3) is 0 Å². The predicted molar refractivity (Wildman–Crippen MR) is 154 cm³/mol. The molecule has 2 aromatic carbocycles. The van der Waals surface area contributed by atoms with Crippen LogP contribution in [0.1, 0.15) is 57.6 Å². The second kappa shape index (κ2) is 9.38. The zero-order chi connectivity index (χ0) is 25.6. The molecule has 0 aliphatic carbocycles. The highest BCUT2D eigenvalue weighted by Crippen LogP contribution is 2.44. The van der Waals surface area contributed by atoms with Crippen molar-refractivity contribution < 1.29 is 4.57 Å². The van der Waals surface area contributed by atoms with Gasteiger partial charge in [0, 0.05) is 35.2 Å². The number of allylic oxidation sites excluding steroid dienone is 1. The molecule has 3 aromatic heterocycles. The fourth-order valence-corrected chi connectivity index (χ4v) is 6.99. The monoisotopic (exact) mass is 505 g/mol. The van der Waals surface area contributed by atoms with E-state index in [-0.39, 0.29) is 5.54 Å². The molecule has 0 N–H and O–H groups in total. The number of nitrogens with zero attached hydrogens (tertiary/aromatic N) is 4. The molecular weight excluding hydrogens is 472 g/mol. The predicted octanol–water partition coefficient (Wildman–Crippen LogP) is 7.99. The number of aromatic nitrogens is 4. The summed E-state index contributed by atoms with van der Waals surface area (Å²) in [6.45, 7) is 11.4. The van der Waals surface area contributed by atoms with Crippen LogP contribution >= 0.6 is 11.3 Å². The minimum absolute atomic E-state index is 0.0945. The van der Waals surface area contributed by atoms with Crippen molar-refractivity contribution in [3.8, 4) is 27.5 Å². The molecule has 0 amide bonds. The van der Waals surface area contributed by atoms with Crippen LogP contribution in [0.15, 0.2) is 79.6 Å². The molecular formula is C32H33N4S+. The highest BCUT2D eigenvalue weighted by atomic mass is 32.1. The molecule has 186 valence electrons. The summed E-state index contributed by atoms with van der Waals surface area (Å²) in [6, 6.07) is 22.0. The van der Waals surface area contributed by atoms with Crippen molar-refractivity contribution in [1.29, 1.82) is 0 Å². The maximum absolute atomic E-state index is 4.59. The molecule has 1 aliphatic rings. The first kappa shape index (κ1) is 23.8. The van der Waals surface area contributed by atoms with E-state index >= 15 is 0 Å². The van der Waals surface area contributed by atoms with E-state index in [9.17, 15) is 0 Å². The molecule has 37 heavy (non-hydrogen) atoms. The largest absolute Gasteiger partial charge is 0.220 e. The molecule has 5 heteroatoms. The molecule has 0 unspecified atom stereocenters. The van der Waals surface area contributed by atoms with Crippen molar-refractivity contribution in [2.24, 2.45) is 0 Å². The molecule has 4 heterocycles. The number of fused-ring (bicyclic) bond motifs is 4. The number of pyridine rings is 1. The van der Waals surface area contributed by atoms with Crippen LogP contribution in [0, 0.1) is 0 Å². The lowest BCUT2D eigenvalue weighted by Gasteiger charge is -2.34. The maximum atomic E-state index is 4.59. The molecule has 0 saturated carbocycles. The zero-order valence-corrected chi connectivity index (χ0v) is 22.7. The number of benzene rings is 2. The van der Waals surface area contributed by atoms with Gasteiger partial charge in [-0.2, -0.15) is 4.57 Å². The van der Waals surface area contributed by atoms with Crippen molar-refractivity contribution in [3.63, 3.8) is 0 Å². The first-order valence-electron chi connectivity index (χ1n) is 13.4. The summed E-state index contributed by atoms with van der Waals surface area (Å²) in [7, 11) is 0. The Morgan fingerprint density at radius 1 is 0.973 bits per heavy atom. The Labute approximate surface area is 222 Å². The summed E-state index contributed by atoms with van der Waals surface area (Å²) in [5, 5.41) is 10.5. The van der Waals surface area contributed by atoms with Crippen LogP contribution < -0.4 is 4.57 Å². The minimum atomic E-state index is -0.0945. The Morgan fingerprint density at radius 2 is 1.84 bits per heavy atom. The zero-order valence-electron chi connectivity index (χ0n) is 21.9. The smallest absolute Gasteiger partial charge is 0.213 e. The van der Waals surface area contributed by atoms with Gasteiger partial charge in [-0.25, -0.2) is 4.68 Å². The molecule has 0 fully saturated rings. The van der Waals surface area contributed by atoms with E-state index in [1.165, 1.54) is 50.9 Å². The highest BCUT2D eigenvalue weighted by Gasteiger charge is 2.46. The van der Waals surface area contributed by atoms with Gasteiger partial charge in [-0.15, -0.1) is 16.4 Å². The number of hydrogen-bond donors (Lipinski definition) is 0. The van der Waals surface area contributed by atoms with Crippen LogP contribution in [-0.2, 0) is 12.0 Å². The normalized spacial score (nSPS) is 14.1. The van der Waals surface area contributed by atoms with E-state index in [0.717, 1.165) is 35.5 Å². The van der Waals surface area contributed by atoms with E-state index in [4.69, 9.17) is 0 Å². The Morgan fingerprint density at radius 3 is 2.65 bits per heavy atom. The molecule has 0 bridgehead atoms. The molecule has 0 atom stereocenters. The van der Waals surface area contributed by atoms with Crippen LogP contribution in [0.4, 0.5) is 0 Å². The quantitative estimate of drug-likeness (QED) is 0.210. The summed E-state index contributed by atoms with van der Waals surface area (Å²) in [4.78, 5) is 1.16. The van der Waals surface area contributed by atoms with Gasteiger partial charge < -0.3 is 0 Å². The van der Waals surface area contributed by atoms with E-state index in [1.807, 2.05) is 4.68 Å². The van der Waals surface area contributed by atoms with Crippen LogP contribution in [0.25, 0.3) is 43.2 Å². The second-order valence-electron chi connectivity index (χ2n) is 9.99. The van der Waals surface area contributed by atoms with Crippen molar-refractivity contribution in [2.75, 3.05) is 0 Å². The summed E-state index contributed by atoms with van der Waals surface area (Å²) in [5.41, 5.74) is 8.08. The van der Waals surface area contributed by atoms with Crippen molar-refractivity contribution in [1.82, 2.24) is 15.0 Å². The van der Waals surface area contributed by atoms with Gasteiger partial charge in [0.05, 0.1) is 22.3 Å². The standard InChI is InChI=1S/C32H33N4S/c1-5-8-12-23-13-11-15-30-26(23)20-31(37-30)28-21-36(34-33-28)24-16-17-25-22(4)32(6-2,7-3)35-18-10-9-14-29(35)27(25)19-24/h9-11,13-21H,4-8,12H2,1-3H3/q+1. The average molecular weight is 506 g/mol. The van der Waals surface area contributed by atoms with E-state index in [2.05, 4.69) is 115 Å². The number of thiophene rings is 1. The fourth-order valence-electron chi connectivity index (χ4n) is 5.93. The summed E-state index contributed by atoms with van der Waals surface area (Å²) < 4.78 is 5.63. The molecule has 0 saturated heterocycles. The molecule has 0 radical (unpaired) electrons. The maximum Gasteiger partial charge on any atom is 0.213 e. The lowest BCUT2D eigenvalue weighted by atomic mass is 9.75. The summed E-state index contributed by atoms with van der Waals surface area (Å²) in [6.07, 6.45) is 9.80. The lowest BCUT2D eigenvalue weighted by Crippen LogP contribution is -2.59. The van der Waals surface area contributed by atoms with E-state index < -0.39 is 0 Å². The van der Waals surface area contributed by atoms with Gasteiger partial charge >= 0.3 is 0 Å². The minimum Gasteiger partial charge on any atom is -0.220 e. The number of rotatable bonds is 7. The lowest BCUT2D eigenvalue weighted by molar-refractivity contribution is -0.741. The highest BCUT2D eigenvalue weighted by molar-refractivity contribution is 7.22. The summed E-state index contributed by atoms with van der Waals surface area (Å²) >= 11 is 1.79. The van der Waals surface area contributed by atoms with Gasteiger partial charge in [-0.3, -0.25) is 0 Å². The van der Waals surface area contributed by atoms with Gasteiger partial charge in [0.1, 0.15) is 5.69 Å². The van der Waals surface area contributed by atoms with Crippen LogP contribution in [0.3, 0.4) is 0 Å². The number of hydrogen-bond acceptors (Lipinski definition) is 3. The van der Waals surface area contributed by atoms with Gasteiger partial charge in [0.2, 0.25) is 5.69 Å². The molecule has 0 spiro atoms. The van der Waals surface area contributed by atoms with Crippen LogP contribution in [0.5, 0.6) is 0 Å². The molecule has 5 aromatic rings. The van der Waals surface area contributed by atoms with Crippen LogP contribution in [-0.4, -0.2) is 15.0 Å². The summed E-state index contributed by atoms with van der Waals surface area (Å²) in [5.74, 6) is 0. The second-order valence-corrected chi connectivity index (χ2v) is 11.1. The third-order valence-corrected chi connectivity index (χ3v) is 9.24. The third kappa shape index (κ3) is 3.75. The third-order valence-electron chi connectivity index (χ3n) is 8.12. The molecule has 1 aliphatic heterocycles. The Hall–Kier alpha value is -3.57. The SMILES string of the molecule is C=C1c2ccc(-n3cc(-c4cc5c(CCCC)cccc5s4)nn3)cc2-c2cccc[n+]2C1(CC)CC. The van der Waals surface area contributed by atoms with Crippen molar-refractivity contribution in [3.05, 3.63) is 90.8 Å². The van der Waals surface area contributed by atoms with Crippen molar-refractivity contribution >= 4 is 27.0 Å². The first-order chi connectivity index (χ1) is 18.1. The van der Waals surface area contributed by atoms with E-state index in [1.54, 1.807) is 11.3 Å². The van der Waals surface area contributed by atoms with Gasteiger partial charge in [0.15, 0.2) is 11.7 Å². The topological polar surface area (TPSA) is 34.6 Å². The first-order valence-corrected chi connectivity index (χ1v) is 14.2.